The highest BCUT2D eigenvalue weighted by atomic mass is 35.5. The summed E-state index contributed by atoms with van der Waals surface area (Å²) in [5.41, 5.74) is 0.803. The van der Waals surface area contributed by atoms with Gasteiger partial charge in [0.15, 0.2) is 0 Å². The second kappa shape index (κ2) is 7.48. The number of carbonyl (C=O) groups excluding carboxylic acids is 1. The Bertz CT molecular complexity index is 1050. The van der Waals surface area contributed by atoms with E-state index in [1.165, 1.54) is 23.2 Å². The predicted octanol–water partition coefficient (Wildman–Crippen LogP) is 5.89. The van der Waals surface area contributed by atoms with E-state index < -0.39 is 11.7 Å². The fourth-order valence-corrected chi connectivity index (χ4v) is 3.11. The van der Waals surface area contributed by atoms with E-state index in [0.29, 0.717) is 10.7 Å². The third-order valence-electron chi connectivity index (χ3n) is 4.56. The molecular weight excluding hydrogens is 403 g/mol. The highest BCUT2D eigenvalue weighted by Crippen LogP contribution is 2.37. The van der Waals surface area contributed by atoms with Crippen molar-refractivity contribution in [3.8, 4) is 11.3 Å². The van der Waals surface area contributed by atoms with Gasteiger partial charge in [0.2, 0.25) is 11.9 Å². The van der Waals surface area contributed by atoms with Gasteiger partial charge in [-0.1, -0.05) is 23.7 Å². The van der Waals surface area contributed by atoms with E-state index in [1.807, 2.05) is 6.07 Å². The number of amides is 1. The van der Waals surface area contributed by atoms with Gasteiger partial charge in [0.1, 0.15) is 0 Å². The molecule has 2 aromatic carbocycles. The first-order valence-corrected chi connectivity index (χ1v) is 9.31. The van der Waals surface area contributed by atoms with Gasteiger partial charge in [-0.3, -0.25) is 4.79 Å². The molecule has 1 aromatic heterocycles. The molecule has 0 spiro atoms. The smallest absolute Gasteiger partial charge is 0.274 e. The summed E-state index contributed by atoms with van der Waals surface area (Å²) in [7, 11) is 0. The van der Waals surface area contributed by atoms with E-state index >= 15 is 0 Å². The Morgan fingerprint density at radius 1 is 1.07 bits per heavy atom. The number of aromatic nitrogens is 2. The van der Waals surface area contributed by atoms with E-state index in [-0.39, 0.29) is 23.5 Å². The molecule has 3 aromatic rings. The fraction of sp³-hybridized carbons (Fsp3) is 0.190. The van der Waals surface area contributed by atoms with E-state index in [9.17, 15) is 18.0 Å². The maximum Gasteiger partial charge on any atom is 0.416 e. The lowest BCUT2D eigenvalue weighted by atomic mass is 10.1. The van der Waals surface area contributed by atoms with Crippen LogP contribution in [0.5, 0.6) is 0 Å². The SMILES string of the molecule is O=C(C1CC1)N(c1ccc(C(F)(F)F)cc1)c1nccc(-c2cccc(Cl)c2)n1. The van der Waals surface area contributed by atoms with Crippen LogP contribution in [0.4, 0.5) is 24.8 Å². The number of hydrogen-bond donors (Lipinski definition) is 0. The molecule has 8 heteroatoms. The van der Waals surface area contributed by atoms with Crippen molar-refractivity contribution >= 4 is 29.1 Å². The largest absolute Gasteiger partial charge is 0.416 e. The lowest BCUT2D eigenvalue weighted by Gasteiger charge is -2.22. The second-order valence-corrected chi connectivity index (χ2v) is 7.18. The summed E-state index contributed by atoms with van der Waals surface area (Å²) in [5, 5.41) is 0.538. The number of benzene rings is 2. The third-order valence-corrected chi connectivity index (χ3v) is 4.80. The van der Waals surface area contributed by atoms with Crippen LogP contribution in [0.15, 0.2) is 60.8 Å². The zero-order chi connectivity index (χ0) is 20.6. The van der Waals surface area contributed by atoms with Crippen LogP contribution in [0.2, 0.25) is 5.02 Å². The first-order valence-electron chi connectivity index (χ1n) is 8.93. The van der Waals surface area contributed by atoms with Gasteiger partial charge in [-0.15, -0.1) is 0 Å². The van der Waals surface area contributed by atoms with Gasteiger partial charge in [-0.05, 0) is 55.3 Å². The molecule has 1 heterocycles. The summed E-state index contributed by atoms with van der Waals surface area (Å²) in [6.45, 7) is 0. The summed E-state index contributed by atoms with van der Waals surface area (Å²) >= 11 is 6.05. The van der Waals surface area contributed by atoms with E-state index in [2.05, 4.69) is 9.97 Å². The van der Waals surface area contributed by atoms with Crippen molar-refractivity contribution in [3.63, 3.8) is 0 Å². The minimum atomic E-state index is -4.45. The summed E-state index contributed by atoms with van der Waals surface area (Å²) in [5.74, 6) is -0.289. The molecule has 148 valence electrons. The van der Waals surface area contributed by atoms with Gasteiger partial charge >= 0.3 is 6.18 Å². The summed E-state index contributed by atoms with van der Waals surface area (Å²) in [6, 6.07) is 13.2. The van der Waals surface area contributed by atoms with Gasteiger partial charge in [-0.2, -0.15) is 13.2 Å². The van der Waals surface area contributed by atoms with Crippen LogP contribution in [0, 0.1) is 5.92 Å². The Morgan fingerprint density at radius 3 is 2.41 bits per heavy atom. The number of rotatable bonds is 4. The van der Waals surface area contributed by atoms with E-state index in [4.69, 9.17) is 11.6 Å². The zero-order valence-corrected chi connectivity index (χ0v) is 15.8. The summed E-state index contributed by atoms with van der Waals surface area (Å²) in [4.78, 5) is 22.9. The Balaban J connectivity index is 1.75. The highest BCUT2D eigenvalue weighted by Gasteiger charge is 2.36. The average molecular weight is 418 g/mol. The van der Waals surface area contributed by atoms with Crippen LogP contribution >= 0.6 is 11.6 Å². The van der Waals surface area contributed by atoms with Gasteiger partial charge in [-0.25, -0.2) is 14.9 Å². The molecule has 1 aliphatic rings. The van der Waals surface area contributed by atoms with Crippen molar-refractivity contribution in [2.45, 2.75) is 19.0 Å². The molecule has 0 atom stereocenters. The minimum Gasteiger partial charge on any atom is -0.274 e. The number of anilines is 2. The Kier molecular flexibility index (Phi) is 5.00. The highest BCUT2D eigenvalue weighted by molar-refractivity contribution is 6.30. The van der Waals surface area contributed by atoms with Crippen molar-refractivity contribution < 1.29 is 18.0 Å². The molecule has 0 aliphatic heterocycles. The van der Waals surface area contributed by atoms with Crippen molar-refractivity contribution in [3.05, 3.63) is 71.4 Å². The quantitative estimate of drug-likeness (QED) is 0.531. The molecule has 1 saturated carbocycles. The van der Waals surface area contributed by atoms with Crippen LogP contribution < -0.4 is 4.90 Å². The summed E-state index contributed by atoms with van der Waals surface area (Å²) in [6.07, 6.45) is -1.46. The molecule has 0 radical (unpaired) electrons. The van der Waals surface area contributed by atoms with Crippen molar-refractivity contribution in [2.75, 3.05) is 4.90 Å². The Morgan fingerprint density at radius 2 is 1.79 bits per heavy atom. The van der Waals surface area contributed by atoms with Crippen molar-refractivity contribution in [2.24, 2.45) is 5.92 Å². The van der Waals surface area contributed by atoms with Crippen molar-refractivity contribution in [1.82, 2.24) is 9.97 Å². The molecule has 29 heavy (non-hydrogen) atoms. The molecule has 0 N–H and O–H groups in total. The maximum atomic E-state index is 12.9. The topological polar surface area (TPSA) is 46.1 Å². The number of nitrogens with zero attached hydrogens (tertiary/aromatic N) is 3. The molecule has 1 amide bonds. The van der Waals surface area contributed by atoms with Crippen LogP contribution in [-0.2, 0) is 11.0 Å². The second-order valence-electron chi connectivity index (χ2n) is 6.74. The van der Waals surface area contributed by atoms with E-state index in [1.54, 1.807) is 24.3 Å². The van der Waals surface area contributed by atoms with Crippen molar-refractivity contribution in [1.29, 1.82) is 0 Å². The number of hydrogen-bond acceptors (Lipinski definition) is 3. The lowest BCUT2D eigenvalue weighted by Crippen LogP contribution is -2.29. The summed E-state index contributed by atoms with van der Waals surface area (Å²) < 4.78 is 38.7. The van der Waals surface area contributed by atoms with Gasteiger partial charge in [0, 0.05) is 22.7 Å². The zero-order valence-electron chi connectivity index (χ0n) is 15.0. The number of halogens is 4. The first-order chi connectivity index (χ1) is 13.8. The Hall–Kier alpha value is -2.93. The van der Waals surface area contributed by atoms with E-state index in [0.717, 1.165) is 30.5 Å². The third kappa shape index (κ3) is 4.24. The molecule has 1 fully saturated rings. The monoisotopic (exact) mass is 417 g/mol. The molecule has 1 aliphatic carbocycles. The standard InChI is InChI=1S/C21H15ClF3N3O/c22-16-3-1-2-14(12-16)18-10-11-26-20(27-18)28(19(29)13-4-5-13)17-8-6-15(7-9-17)21(23,24)25/h1-3,6-13H,4-5H2. The number of carbonyl (C=O) groups is 1. The molecule has 0 bridgehead atoms. The molecule has 4 nitrogen and oxygen atoms in total. The van der Waals surface area contributed by atoms with Gasteiger partial charge in [0.25, 0.3) is 0 Å². The van der Waals surface area contributed by atoms with Crippen LogP contribution in [0.25, 0.3) is 11.3 Å². The fourth-order valence-electron chi connectivity index (χ4n) is 2.92. The molecule has 0 saturated heterocycles. The Labute approximate surface area is 170 Å². The molecule has 4 rings (SSSR count). The minimum absolute atomic E-state index is 0.110. The number of alkyl halides is 3. The van der Waals surface area contributed by atoms with Crippen LogP contribution in [0.1, 0.15) is 18.4 Å². The van der Waals surface area contributed by atoms with Crippen LogP contribution in [0.3, 0.4) is 0 Å². The molecular formula is C21H15ClF3N3O. The van der Waals surface area contributed by atoms with Gasteiger partial charge in [0.05, 0.1) is 16.9 Å². The predicted molar refractivity (Wildman–Crippen MR) is 104 cm³/mol. The first kappa shape index (κ1) is 19.4. The van der Waals surface area contributed by atoms with Gasteiger partial charge < -0.3 is 0 Å². The van der Waals surface area contributed by atoms with Crippen LogP contribution in [-0.4, -0.2) is 15.9 Å². The maximum absolute atomic E-state index is 12.9. The molecule has 0 unspecified atom stereocenters. The lowest BCUT2D eigenvalue weighted by molar-refractivity contribution is -0.137. The average Bonchev–Trinajstić information content (AvgIpc) is 3.53. The normalized spacial score (nSPS) is 13.9.